The number of rotatable bonds is 5. The van der Waals surface area contributed by atoms with Crippen molar-refractivity contribution >= 4 is 22.7 Å². The number of hydrogen-bond donors (Lipinski definition) is 0. The van der Waals surface area contributed by atoms with Gasteiger partial charge in [-0.25, -0.2) is 9.67 Å². The number of allylic oxidation sites excluding steroid dienone is 2. The van der Waals surface area contributed by atoms with Gasteiger partial charge in [-0.15, -0.1) is 5.10 Å². The molecule has 0 spiro atoms. The predicted octanol–water partition coefficient (Wildman–Crippen LogP) is 3.20. The molecular formula is C23H23N7O2. The van der Waals surface area contributed by atoms with E-state index in [0.717, 1.165) is 41.2 Å². The summed E-state index contributed by atoms with van der Waals surface area (Å²) in [5.74, 6) is 0. The van der Waals surface area contributed by atoms with Gasteiger partial charge in [0, 0.05) is 32.0 Å². The summed E-state index contributed by atoms with van der Waals surface area (Å²) in [5.41, 5.74) is 4.51. The van der Waals surface area contributed by atoms with Gasteiger partial charge in [-0.1, -0.05) is 29.5 Å². The summed E-state index contributed by atoms with van der Waals surface area (Å²) >= 11 is 0. The quantitative estimate of drug-likeness (QED) is 0.481. The number of ether oxygens (including phenoxy) is 1. The molecule has 1 aromatic carbocycles. The largest absolute Gasteiger partial charge is 0.423 e. The number of nitrogens with zero attached hydrogens (tertiary/aromatic N) is 7. The Hall–Kier alpha value is -3.72. The van der Waals surface area contributed by atoms with Gasteiger partial charge in [0.2, 0.25) is 0 Å². The number of methoxy groups -OCH3 is 1. The van der Waals surface area contributed by atoms with Gasteiger partial charge < -0.3 is 18.6 Å². The van der Waals surface area contributed by atoms with E-state index in [2.05, 4.69) is 48.0 Å². The van der Waals surface area contributed by atoms with Crippen LogP contribution in [-0.2, 0) is 4.74 Å². The summed E-state index contributed by atoms with van der Waals surface area (Å²) < 4.78 is 15.6. The Bertz CT molecular complexity index is 1290. The molecular weight excluding hydrogens is 406 g/mol. The van der Waals surface area contributed by atoms with Crippen LogP contribution in [0.2, 0.25) is 0 Å². The third-order valence-electron chi connectivity index (χ3n) is 6.10. The Labute approximate surface area is 184 Å². The third kappa shape index (κ3) is 3.21. The van der Waals surface area contributed by atoms with E-state index in [1.54, 1.807) is 7.11 Å². The highest BCUT2D eigenvalue weighted by molar-refractivity contribution is 5.74. The van der Waals surface area contributed by atoms with Gasteiger partial charge in [-0.05, 0) is 25.1 Å². The number of para-hydroxylation sites is 2. The van der Waals surface area contributed by atoms with Crippen molar-refractivity contribution in [3.05, 3.63) is 72.6 Å². The number of imidazole rings is 1. The molecule has 1 aliphatic carbocycles. The summed E-state index contributed by atoms with van der Waals surface area (Å²) in [4.78, 5) is 11.0. The summed E-state index contributed by atoms with van der Waals surface area (Å²) in [6, 6.07) is 8.77. The van der Waals surface area contributed by atoms with Gasteiger partial charge >= 0.3 is 0 Å². The molecule has 0 radical (unpaired) electrons. The van der Waals surface area contributed by atoms with Crippen molar-refractivity contribution in [3.63, 3.8) is 0 Å². The van der Waals surface area contributed by atoms with Crippen LogP contribution in [0.3, 0.4) is 0 Å². The Morgan fingerprint density at radius 2 is 2.03 bits per heavy atom. The van der Waals surface area contributed by atoms with Crippen molar-refractivity contribution in [1.29, 1.82) is 0 Å². The van der Waals surface area contributed by atoms with E-state index in [1.807, 2.05) is 54.6 Å². The molecule has 0 N–H and O–H groups in total. The second-order valence-electron chi connectivity index (χ2n) is 8.24. The van der Waals surface area contributed by atoms with Crippen LogP contribution in [0.5, 0.6) is 0 Å². The van der Waals surface area contributed by atoms with E-state index in [1.165, 1.54) is 0 Å². The zero-order valence-electron chi connectivity index (χ0n) is 17.9. The Morgan fingerprint density at radius 1 is 1.16 bits per heavy atom. The predicted molar refractivity (Wildman–Crippen MR) is 119 cm³/mol. The molecule has 6 rings (SSSR count). The average molecular weight is 429 g/mol. The van der Waals surface area contributed by atoms with Crippen LogP contribution in [0, 0.1) is 6.92 Å². The zero-order chi connectivity index (χ0) is 21.7. The van der Waals surface area contributed by atoms with Crippen molar-refractivity contribution in [3.8, 4) is 0 Å². The van der Waals surface area contributed by atoms with Crippen LogP contribution in [0.4, 0.5) is 6.01 Å². The second kappa shape index (κ2) is 7.45. The fourth-order valence-corrected chi connectivity index (χ4v) is 4.25. The lowest BCUT2D eigenvalue weighted by atomic mass is 9.98. The first kappa shape index (κ1) is 19.0. The number of fused-ring (bicyclic) bond motifs is 1. The Balaban J connectivity index is 1.15. The van der Waals surface area contributed by atoms with Crippen LogP contribution in [0.15, 0.2) is 65.6 Å². The lowest BCUT2D eigenvalue weighted by molar-refractivity contribution is 0.109. The van der Waals surface area contributed by atoms with Gasteiger partial charge in [-0.3, -0.25) is 0 Å². The van der Waals surface area contributed by atoms with Crippen LogP contribution in [0.1, 0.15) is 23.5 Å². The monoisotopic (exact) mass is 429 g/mol. The smallest absolute Gasteiger partial charge is 0.298 e. The van der Waals surface area contributed by atoms with Gasteiger partial charge in [-0.2, -0.15) is 4.98 Å². The van der Waals surface area contributed by atoms with E-state index in [0.29, 0.717) is 6.01 Å². The van der Waals surface area contributed by atoms with E-state index in [9.17, 15) is 0 Å². The summed E-state index contributed by atoms with van der Waals surface area (Å²) in [5, 5.41) is 8.78. The molecule has 162 valence electrons. The van der Waals surface area contributed by atoms with Crippen LogP contribution in [0.25, 0.3) is 16.7 Å². The summed E-state index contributed by atoms with van der Waals surface area (Å²) in [6.45, 7) is 3.55. The molecule has 1 saturated heterocycles. The Morgan fingerprint density at radius 3 is 2.81 bits per heavy atom. The van der Waals surface area contributed by atoms with Crippen molar-refractivity contribution in [2.24, 2.45) is 0 Å². The minimum atomic E-state index is -0.105. The fraction of sp³-hybridized carbons (Fsp3) is 0.304. The van der Waals surface area contributed by atoms with Crippen molar-refractivity contribution < 1.29 is 9.15 Å². The Kier molecular flexibility index (Phi) is 4.43. The lowest BCUT2D eigenvalue weighted by Gasteiger charge is -2.37. The second-order valence-corrected chi connectivity index (χ2v) is 8.24. The fourth-order valence-electron chi connectivity index (χ4n) is 4.25. The SMILES string of the molecule is COC1C=C(c2cn(C3CN(c4nc5ccccc5o4)C3)nn2)C=CC1n1cnc(C)c1. The highest BCUT2D eigenvalue weighted by Crippen LogP contribution is 2.31. The van der Waals surface area contributed by atoms with Gasteiger partial charge in [0.25, 0.3) is 6.01 Å². The minimum absolute atomic E-state index is 0.0662. The molecule has 4 aromatic rings. The third-order valence-corrected chi connectivity index (χ3v) is 6.10. The molecule has 1 fully saturated rings. The molecule has 3 aromatic heterocycles. The van der Waals surface area contributed by atoms with Gasteiger partial charge in [0.1, 0.15) is 17.3 Å². The first-order chi connectivity index (χ1) is 15.7. The van der Waals surface area contributed by atoms with Crippen LogP contribution >= 0.6 is 0 Å². The summed E-state index contributed by atoms with van der Waals surface area (Å²) in [7, 11) is 1.72. The van der Waals surface area contributed by atoms with E-state index in [4.69, 9.17) is 9.15 Å². The first-order valence-electron chi connectivity index (χ1n) is 10.6. The van der Waals surface area contributed by atoms with Gasteiger partial charge in [0.15, 0.2) is 5.58 Å². The maximum absolute atomic E-state index is 5.86. The lowest BCUT2D eigenvalue weighted by Crippen LogP contribution is -2.48. The molecule has 4 heterocycles. The highest BCUT2D eigenvalue weighted by Gasteiger charge is 2.33. The van der Waals surface area contributed by atoms with Crippen LogP contribution < -0.4 is 4.90 Å². The topological polar surface area (TPSA) is 87.0 Å². The maximum atomic E-state index is 5.86. The molecule has 0 amide bonds. The molecule has 2 unspecified atom stereocenters. The number of aromatic nitrogens is 6. The number of oxazole rings is 1. The molecule has 2 atom stereocenters. The minimum Gasteiger partial charge on any atom is -0.423 e. The molecule has 9 nitrogen and oxygen atoms in total. The number of benzene rings is 1. The van der Waals surface area contributed by atoms with Gasteiger partial charge in [0.05, 0.1) is 30.3 Å². The molecule has 0 bridgehead atoms. The van der Waals surface area contributed by atoms with Crippen molar-refractivity contribution in [1.82, 2.24) is 29.5 Å². The van der Waals surface area contributed by atoms with Crippen molar-refractivity contribution in [2.75, 3.05) is 25.1 Å². The number of hydrogen-bond acceptors (Lipinski definition) is 7. The normalized spacial score (nSPS) is 21.2. The van der Waals surface area contributed by atoms with E-state index in [-0.39, 0.29) is 18.2 Å². The first-order valence-corrected chi connectivity index (χ1v) is 10.6. The molecule has 2 aliphatic rings. The van der Waals surface area contributed by atoms with Crippen molar-refractivity contribution in [2.45, 2.75) is 25.1 Å². The standard InChI is InChI=1S/C23H23N7O2/c1-15-10-29(14-24-15)20-8-7-16(9-22(20)31-2)19-13-30(27-26-19)17-11-28(12-17)23-25-18-5-3-4-6-21(18)32-23/h3-10,13-14,17,20,22H,11-12H2,1-2H3. The average Bonchev–Trinajstić information content (AvgIpc) is 3.52. The number of anilines is 1. The van der Waals surface area contributed by atoms with E-state index < -0.39 is 0 Å². The molecule has 9 heteroatoms. The zero-order valence-corrected chi connectivity index (χ0v) is 17.9. The van der Waals surface area contributed by atoms with E-state index >= 15 is 0 Å². The maximum Gasteiger partial charge on any atom is 0.298 e. The molecule has 32 heavy (non-hydrogen) atoms. The number of aryl methyl sites for hydroxylation is 1. The highest BCUT2D eigenvalue weighted by atomic mass is 16.5. The van der Waals surface area contributed by atoms with Crippen LogP contribution in [-0.4, -0.2) is 55.8 Å². The molecule has 0 saturated carbocycles. The summed E-state index contributed by atoms with van der Waals surface area (Å²) in [6.07, 6.45) is 12.1. The molecule has 1 aliphatic heterocycles.